The maximum Gasteiger partial charge on any atom is 0.252 e. The highest BCUT2D eigenvalue weighted by molar-refractivity contribution is 6.09. The van der Waals surface area contributed by atoms with Gasteiger partial charge >= 0.3 is 0 Å². The predicted octanol–water partition coefficient (Wildman–Crippen LogP) is 4.55. The Balaban J connectivity index is 1.86. The van der Waals surface area contributed by atoms with Crippen LogP contribution in [0.2, 0.25) is 0 Å². The van der Waals surface area contributed by atoms with E-state index in [9.17, 15) is 4.79 Å². The number of hydrogen-bond acceptors (Lipinski definition) is 1. The fraction of sp³-hybridized carbons (Fsp3) is 0.227. The van der Waals surface area contributed by atoms with E-state index in [0.29, 0.717) is 5.92 Å². The number of hydrogen-bond donors (Lipinski definition) is 0. The van der Waals surface area contributed by atoms with Crippen LogP contribution in [0.4, 0.5) is 5.69 Å². The van der Waals surface area contributed by atoms with Gasteiger partial charge in [0, 0.05) is 17.7 Å². The van der Waals surface area contributed by atoms with Crippen LogP contribution < -0.4 is 4.90 Å². The topological polar surface area (TPSA) is 20.3 Å². The lowest BCUT2D eigenvalue weighted by Gasteiger charge is -2.55. The molecule has 1 aliphatic heterocycles. The Morgan fingerprint density at radius 3 is 2.46 bits per heavy atom. The second kappa shape index (κ2) is 4.27. The largest absolute Gasteiger partial charge is 0.291 e. The van der Waals surface area contributed by atoms with Gasteiger partial charge in [0.15, 0.2) is 0 Å². The van der Waals surface area contributed by atoms with Crippen molar-refractivity contribution in [3.05, 3.63) is 89.5 Å². The first-order valence-electron chi connectivity index (χ1n) is 8.47. The summed E-state index contributed by atoms with van der Waals surface area (Å²) in [5.74, 6) is 0.400. The number of nitrogens with zero attached hydrogens (tertiary/aromatic N) is 1. The van der Waals surface area contributed by atoms with Crippen molar-refractivity contribution in [2.45, 2.75) is 25.3 Å². The van der Waals surface area contributed by atoms with Crippen LogP contribution in [-0.2, 0) is 10.3 Å². The van der Waals surface area contributed by atoms with Crippen LogP contribution in [0.3, 0.4) is 0 Å². The average molecular weight is 313 g/mol. The number of rotatable bonds is 1. The van der Waals surface area contributed by atoms with Gasteiger partial charge in [0.1, 0.15) is 5.54 Å². The minimum Gasteiger partial charge on any atom is -0.291 e. The fourth-order valence-corrected chi connectivity index (χ4v) is 4.95. The first-order chi connectivity index (χ1) is 11.6. The third-order valence-corrected chi connectivity index (χ3v) is 5.97. The van der Waals surface area contributed by atoms with Crippen LogP contribution in [0.15, 0.2) is 78.4 Å². The number of para-hydroxylation sites is 1. The summed E-state index contributed by atoms with van der Waals surface area (Å²) < 4.78 is 0. The first kappa shape index (κ1) is 13.8. The van der Waals surface area contributed by atoms with Gasteiger partial charge in [-0.15, -0.1) is 0 Å². The number of carbonyl (C=O) groups excluding carboxylic acids is 1. The van der Waals surface area contributed by atoms with Crippen molar-refractivity contribution >= 4 is 11.6 Å². The Morgan fingerprint density at radius 2 is 1.67 bits per heavy atom. The molecular weight excluding hydrogens is 294 g/mol. The molecule has 0 saturated heterocycles. The highest BCUT2D eigenvalue weighted by Gasteiger charge is 2.60. The van der Waals surface area contributed by atoms with Crippen molar-refractivity contribution < 1.29 is 4.79 Å². The Morgan fingerprint density at radius 1 is 0.958 bits per heavy atom. The lowest BCUT2D eigenvalue weighted by Crippen LogP contribution is -2.53. The van der Waals surface area contributed by atoms with Crippen LogP contribution in [0.5, 0.6) is 0 Å². The van der Waals surface area contributed by atoms with E-state index >= 15 is 0 Å². The molecule has 6 rings (SSSR count). The lowest BCUT2D eigenvalue weighted by atomic mass is 9.53. The maximum atomic E-state index is 13.0. The molecule has 1 heterocycles. The molecule has 2 atom stereocenters. The maximum absolute atomic E-state index is 13.0. The molecule has 24 heavy (non-hydrogen) atoms. The molecule has 1 amide bonds. The molecule has 3 aliphatic carbocycles. The van der Waals surface area contributed by atoms with E-state index in [0.717, 1.165) is 5.69 Å². The van der Waals surface area contributed by atoms with Crippen molar-refractivity contribution in [3.8, 4) is 0 Å². The summed E-state index contributed by atoms with van der Waals surface area (Å²) in [6, 6.07) is 18.6. The average Bonchev–Trinajstić information content (AvgIpc) is 2.90. The van der Waals surface area contributed by atoms with Crippen molar-refractivity contribution in [1.82, 2.24) is 0 Å². The number of amides is 1. The summed E-state index contributed by atoms with van der Waals surface area (Å²) in [5.41, 5.74) is 4.21. The summed E-state index contributed by atoms with van der Waals surface area (Å²) in [5, 5.41) is 0. The molecular formula is C22H19NO. The van der Waals surface area contributed by atoms with Crippen LogP contribution in [0, 0.1) is 5.41 Å². The minimum absolute atomic E-state index is 0.0672. The van der Waals surface area contributed by atoms with Crippen molar-refractivity contribution in [1.29, 1.82) is 0 Å². The number of anilines is 1. The molecule has 0 aromatic heterocycles. The molecule has 2 nitrogen and oxygen atoms in total. The molecule has 0 saturated carbocycles. The summed E-state index contributed by atoms with van der Waals surface area (Å²) >= 11 is 0. The summed E-state index contributed by atoms with van der Waals surface area (Å²) in [7, 11) is 0. The van der Waals surface area contributed by atoms with Gasteiger partial charge in [-0.25, -0.2) is 0 Å². The minimum atomic E-state index is -0.479. The van der Waals surface area contributed by atoms with E-state index in [4.69, 9.17) is 0 Å². The zero-order chi connectivity index (χ0) is 16.5. The lowest BCUT2D eigenvalue weighted by molar-refractivity contribution is -0.114. The van der Waals surface area contributed by atoms with Crippen LogP contribution in [-0.4, -0.2) is 5.91 Å². The van der Waals surface area contributed by atoms with Gasteiger partial charge < -0.3 is 0 Å². The van der Waals surface area contributed by atoms with Crippen LogP contribution >= 0.6 is 0 Å². The highest BCUT2D eigenvalue weighted by atomic mass is 16.2. The Bertz CT molecular complexity index is 922. The van der Waals surface area contributed by atoms with Crippen molar-refractivity contribution in [2.75, 3.05) is 4.90 Å². The quantitative estimate of drug-likeness (QED) is 0.707. The normalized spacial score (nSPS) is 28.6. The van der Waals surface area contributed by atoms with E-state index in [1.165, 1.54) is 16.7 Å². The zero-order valence-electron chi connectivity index (χ0n) is 13.9. The molecule has 0 N–H and O–H groups in total. The van der Waals surface area contributed by atoms with Gasteiger partial charge in [0.2, 0.25) is 0 Å². The summed E-state index contributed by atoms with van der Waals surface area (Å²) in [4.78, 5) is 15.0. The molecule has 0 radical (unpaired) electrons. The molecule has 2 unspecified atom stereocenters. The van der Waals surface area contributed by atoms with Crippen molar-refractivity contribution in [3.63, 3.8) is 0 Å². The number of benzene rings is 2. The second-order valence-electron chi connectivity index (χ2n) is 7.48. The van der Waals surface area contributed by atoms with E-state index in [1.54, 1.807) is 0 Å². The van der Waals surface area contributed by atoms with Crippen LogP contribution in [0.25, 0.3) is 0 Å². The zero-order valence-corrected chi connectivity index (χ0v) is 13.9. The molecule has 2 aromatic carbocycles. The molecule has 2 bridgehead atoms. The number of allylic oxidation sites excluding steroid dienone is 1. The molecule has 2 aromatic rings. The number of carbonyl (C=O) groups is 1. The Kier molecular flexibility index (Phi) is 2.45. The summed E-state index contributed by atoms with van der Waals surface area (Å²) in [6.07, 6.45) is 6.42. The van der Waals surface area contributed by atoms with Gasteiger partial charge in [-0.3, -0.25) is 9.69 Å². The third kappa shape index (κ3) is 1.40. The third-order valence-electron chi connectivity index (χ3n) is 5.97. The van der Waals surface area contributed by atoms with Gasteiger partial charge in [-0.05, 0) is 34.2 Å². The second-order valence-corrected chi connectivity index (χ2v) is 7.48. The predicted molar refractivity (Wildman–Crippen MR) is 95.8 cm³/mol. The fourth-order valence-electron chi connectivity index (χ4n) is 4.95. The van der Waals surface area contributed by atoms with E-state index in [1.807, 2.05) is 41.3 Å². The molecule has 2 heteroatoms. The molecule has 0 fully saturated rings. The molecule has 1 spiro atoms. The van der Waals surface area contributed by atoms with E-state index < -0.39 is 5.54 Å². The Hall–Kier alpha value is -2.61. The smallest absolute Gasteiger partial charge is 0.252 e. The standard InChI is InChI=1S/C22H19NO/c1-21(2)17-12-13-22(18-11-7-6-10-16(17)18)19(21)14-20(24)23(22)15-8-4-3-5-9-15/h3-14,17H,1-2H3. The van der Waals surface area contributed by atoms with Gasteiger partial charge in [-0.1, -0.05) is 68.5 Å². The SMILES string of the molecule is CC1(C)C2=CC(=O)N(c3ccccc3)C23C=CC1c1ccccc13. The monoisotopic (exact) mass is 313 g/mol. The van der Waals surface area contributed by atoms with Gasteiger partial charge in [0.25, 0.3) is 5.91 Å². The summed E-state index contributed by atoms with van der Waals surface area (Å²) in [6.45, 7) is 4.53. The highest BCUT2D eigenvalue weighted by Crippen LogP contribution is 2.64. The Labute approximate surface area is 142 Å². The first-order valence-corrected chi connectivity index (χ1v) is 8.47. The van der Waals surface area contributed by atoms with Gasteiger partial charge in [0.05, 0.1) is 0 Å². The van der Waals surface area contributed by atoms with E-state index in [2.05, 4.69) is 50.3 Å². The molecule has 4 aliphatic rings. The van der Waals surface area contributed by atoms with Crippen LogP contribution in [0.1, 0.15) is 30.9 Å². The van der Waals surface area contributed by atoms with Crippen molar-refractivity contribution in [2.24, 2.45) is 5.41 Å². The van der Waals surface area contributed by atoms with E-state index in [-0.39, 0.29) is 11.3 Å². The van der Waals surface area contributed by atoms with Gasteiger partial charge in [-0.2, -0.15) is 0 Å². The molecule has 118 valence electrons.